The predicted octanol–water partition coefficient (Wildman–Crippen LogP) is 1.99. The third-order valence-electron chi connectivity index (χ3n) is 2.15. The SMILES string of the molecule is CCOC(=O)/C(=C\Nc1ccc(Cl)nc1C)C(=O)O. The molecule has 0 aliphatic heterocycles. The molecule has 0 aliphatic carbocycles. The van der Waals surface area contributed by atoms with E-state index < -0.39 is 17.5 Å². The van der Waals surface area contributed by atoms with Gasteiger partial charge in [0.2, 0.25) is 0 Å². The molecule has 0 saturated heterocycles. The molecule has 1 rings (SSSR count). The molecule has 0 radical (unpaired) electrons. The minimum atomic E-state index is -1.37. The van der Waals surface area contributed by atoms with Crippen molar-refractivity contribution >= 4 is 29.2 Å². The highest BCUT2D eigenvalue weighted by atomic mass is 35.5. The molecule has 0 spiro atoms. The summed E-state index contributed by atoms with van der Waals surface area (Å²) in [7, 11) is 0. The molecule has 7 heteroatoms. The van der Waals surface area contributed by atoms with Crippen molar-refractivity contribution in [1.29, 1.82) is 0 Å². The number of hydrogen-bond acceptors (Lipinski definition) is 5. The zero-order valence-electron chi connectivity index (χ0n) is 10.4. The van der Waals surface area contributed by atoms with Gasteiger partial charge in [-0.05, 0) is 26.0 Å². The van der Waals surface area contributed by atoms with E-state index in [4.69, 9.17) is 16.7 Å². The number of hydrogen-bond donors (Lipinski definition) is 2. The molecular formula is C12H13ClN2O4. The van der Waals surface area contributed by atoms with Crippen LogP contribution in [0.4, 0.5) is 5.69 Å². The van der Waals surface area contributed by atoms with Gasteiger partial charge in [-0.2, -0.15) is 0 Å². The first kappa shape index (κ1) is 15.0. The van der Waals surface area contributed by atoms with Crippen LogP contribution in [-0.2, 0) is 14.3 Å². The molecule has 0 unspecified atom stereocenters. The molecule has 0 atom stereocenters. The minimum Gasteiger partial charge on any atom is -0.477 e. The molecule has 1 aromatic heterocycles. The molecule has 0 fully saturated rings. The summed E-state index contributed by atoms with van der Waals surface area (Å²) in [5, 5.41) is 11.9. The van der Waals surface area contributed by atoms with Crippen LogP contribution in [0.2, 0.25) is 5.15 Å². The van der Waals surface area contributed by atoms with E-state index in [0.29, 0.717) is 16.5 Å². The maximum Gasteiger partial charge on any atom is 0.347 e. The van der Waals surface area contributed by atoms with Gasteiger partial charge in [0.1, 0.15) is 5.15 Å². The fourth-order valence-electron chi connectivity index (χ4n) is 1.25. The summed E-state index contributed by atoms with van der Waals surface area (Å²) in [4.78, 5) is 26.3. The van der Waals surface area contributed by atoms with Crippen molar-refractivity contribution in [2.24, 2.45) is 0 Å². The van der Waals surface area contributed by atoms with E-state index in [2.05, 4.69) is 15.0 Å². The fourth-order valence-corrected chi connectivity index (χ4v) is 1.44. The van der Waals surface area contributed by atoms with E-state index in [0.717, 1.165) is 6.20 Å². The van der Waals surface area contributed by atoms with Gasteiger partial charge >= 0.3 is 11.9 Å². The number of ether oxygens (including phenoxy) is 1. The van der Waals surface area contributed by atoms with Gasteiger partial charge in [-0.25, -0.2) is 14.6 Å². The second kappa shape index (κ2) is 6.75. The Labute approximate surface area is 115 Å². The number of anilines is 1. The number of rotatable bonds is 5. The zero-order valence-corrected chi connectivity index (χ0v) is 11.2. The number of esters is 1. The zero-order chi connectivity index (χ0) is 14.4. The van der Waals surface area contributed by atoms with Crippen LogP contribution in [-0.4, -0.2) is 28.6 Å². The van der Waals surface area contributed by atoms with Gasteiger partial charge in [-0.15, -0.1) is 0 Å². The van der Waals surface area contributed by atoms with Crippen molar-refractivity contribution < 1.29 is 19.4 Å². The second-order valence-electron chi connectivity index (χ2n) is 3.49. The van der Waals surface area contributed by atoms with Gasteiger partial charge in [0.25, 0.3) is 0 Å². The summed E-state index contributed by atoms with van der Waals surface area (Å²) in [5.41, 5.74) is 0.640. The van der Waals surface area contributed by atoms with Gasteiger partial charge in [0, 0.05) is 6.20 Å². The number of aryl methyl sites for hydroxylation is 1. The van der Waals surface area contributed by atoms with Crippen LogP contribution in [0, 0.1) is 6.92 Å². The number of carbonyl (C=O) groups is 2. The summed E-state index contributed by atoms with van der Waals surface area (Å²) in [6.07, 6.45) is 1.07. The smallest absolute Gasteiger partial charge is 0.347 e. The van der Waals surface area contributed by atoms with E-state index in [1.165, 1.54) is 0 Å². The first-order valence-electron chi connectivity index (χ1n) is 5.46. The Kier molecular flexibility index (Phi) is 5.32. The average Bonchev–Trinajstić information content (AvgIpc) is 2.31. The molecule has 102 valence electrons. The van der Waals surface area contributed by atoms with Gasteiger partial charge in [0.05, 0.1) is 18.0 Å². The molecule has 1 heterocycles. The lowest BCUT2D eigenvalue weighted by molar-refractivity contribution is -0.143. The van der Waals surface area contributed by atoms with E-state index in [9.17, 15) is 9.59 Å². The predicted molar refractivity (Wildman–Crippen MR) is 70.0 cm³/mol. The molecule has 2 N–H and O–H groups in total. The van der Waals surface area contributed by atoms with Crippen LogP contribution in [0.5, 0.6) is 0 Å². The highest BCUT2D eigenvalue weighted by Gasteiger charge is 2.18. The third kappa shape index (κ3) is 4.26. The quantitative estimate of drug-likeness (QED) is 0.283. The summed E-state index contributed by atoms with van der Waals surface area (Å²) in [6.45, 7) is 3.40. The van der Waals surface area contributed by atoms with Crippen LogP contribution >= 0.6 is 11.6 Å². The number of carboxylic acid groups (broad SMARTS) is 1. The Balaban J connectivity index is 2.92. The molecule has 0 amide bonds. The van der Waals surface area contributed by atoms with Crippen LogP contribution in [0.1, 0.15) is 12.6 Å². The number of carbonyl (C=O) groups excluding carboxylic acids is 1. The molecule has 6 nitrogen and oxygen atoms in total. The van der Waals surface area contributed by atoms with Crippen molar-refractivity contribution in [2.75, 3.05) is 11.9 Å². The summed E-state index contributed by atoms with van der Waals surface area (Å²) >= 11 is 5.70. The van der Waals surface area contributed by atoms with Crippen LogP contribution in [0.3, 0.4) is 0 Å². The number of aromatic nitrogens is 1. The number of nitrogens with one attached hydrogen (secondary N) is 1. The Morgan fingerprint density at radius 3 is 2.74 bits per heavy atom. The lowest BCUT2D eigenvalue weighted by Crippen LogP contribution is -2.16. The topological polar surface area (TPSA) is 88.5 Å². The Bertz CT molecular complexity index is 528. The average molecular weight is 285 g/mol. The fraction of sp³-hybridized carbons (Fsp3) is 0.250. The molecule has 0 aliphatic rings. The summed E-state index contributed by atoms with van der Waals surface area (Å²) in [5.74, 6) is -2.27. The standard InChI is InChI=1S/C12H13ClN2O4/c1-3-19-12(18)8(11(16)17)6-14-9-4-5-10(13)15-7(9)2/h4-6,14H,3H2,1-2H3,(H,16,17)/b8-6-. The maximum absolute atomic E-state index is 11.4. The molecule has 19 heavy (non-hydrogen) atoms. The second-order valence-corrected chi connectivity index (χ2v) is 3.88. The van der Waals surface area contributed by atoms with Crippen LogP contribution in [0.25, 0.3) is 0 Å². The number of aliphatic carboxylic acids is 1. The highest BCUT2D eigenvalue weighted by Crippen LogP contribution is 2.16. The van der Waals surface area contributed by atoms with Crippen molar-refractivity contribution in [2.45, 2.75) is 13.8 Å². The highest BCUT2D eigenvalue weighted by molar-refractivity contribution is 6.29. The van der Waals surface area contributed by atoms with E-state index >= 15 is 0 Å². The molecule has 0 saturated carbocycles. The van der Waals surface area contributed by atoms with Gasteiger partial charge in [-0.3, -0.25) is 0 Å². The van der Waals surface area contributed by atoms with E-state index in [1.807, 2.05) is 0 Å². The number of halogens is 1. The monoisotopic (exact) mass is 284 g/mol. The summed E-state index contributed by atoms with van der Waals surface area (Å²) < 4.78 is 4.64. The first-order valence-corrected chi connectivity index (χ1v) is 5.83. The lowest BCUT2D eigenvalue weighted by atomic mass is 10.2. The van der Waals surface area contributed by atoms with Crippen molar-refractivity contribution in [3.8, 4) is 0 Å². The first-order chi connectivity index (χ1) is 8.95. The van der Waals surface area contributed by atoms with Gasteiger partial charge < -0.3 is 15.2 Å². The Morgan fingerprint density at radius 2 is 2.21 bits per heavy atom. The Hall–Kier alpha value is -2.08. The normalized spacial score (nSPS) is 11.0. The summed E-state index contributed by atoms with van der Waals surface area (Å²) in [6, 6.07) is 3.18. The molecular weight excluding hydrogens is 272 g/mol. The molecule has 0 aromatic carbocycles. The number of pyridine rings is 1. The molecule has 1 aromatic rings. The number of nitrogens with zero attached hydrogens (tertiary/aromatic N) is 1. The van der Waals surface area contributed by atoms with Crippen molar-refractivity contribution in [1.82, 2.24) is 4.98 Å². The van der Waals surface area contributed by atoms with Gasteiger partial charge in [0.15, 0.2) is 5.57 Å². The van der Waals surface area contributed by atoms with Crippen molar-refractivity contribution in [3.63, 3.8) is 0 Å². The van der Waals surface area contributed by atoms with Gasteiger partial charge in [-0.1, -0.05) is 11.6 Å². The largest absolute Gasteiger partial charge is 0.477 e. The third-order valence-corrected chi connectivity index (χ3v) is 2.36. The minimum absolute atomic E-state index is 0.102. The maximum atomic E-state index is 11.4. The van der Waals surface area contributed by atoms with Crippen LogP contribution < -0.4 is 5.32 Å². The lowest BCUT2D eigenvalue weighted by Gasteiger charge is -2.06. The Morgan fingerprint density at radius 1 is 1.53 bits per heavy atom. The van der Waals surface area contributed by atoms with E-state index in [1.54, 1.807) is 26.0 Å². The molecule has 0 bridgehead atoms. The van der Waals surface area contributed by atoms with Crippen molar-refractivity contribution in [3.05, 3.63) is 34.8 Å². The van der Waals surface area contributed by atoms with Crippen LogP contribution in [0.15, 0.2) is 23.9 Å². The number of carboxylic acids is 1. The van der Waals surface area contributed by atoms with E-state index in [-0.39, 0.29) is 6.61 Å².